The van der Waals surface area contributed by atoms with Crippen LogP contribution in [0.15, 0.2) is 0 Å². The van der Waals surface area contributed by atoms with E-state index in [9.17, 15) is 14.7 Å². The van der Waals surface area contributed by atoms with E-state index in [0.29, 0.717) is 6.42 Å². The second-order valence-electron chi connectivity index (χ2n) is 6.82. The molecule has 1 aliphatic carbocycles. The summed E-state index contributed by atoms with van der Waals surface area (Å²) >= 11 is 0. The molecule has 1 rings (SSSR count). The van der Waals surface area contributed by atoms with E-state index < -0.39 is 30.4 Å². The zero-order valence-corrected chi connectivity index (χ0v) is 13.4. The molecule has 1 aliphatic rings. The normalized spacial score (nSPS) is 16.6. The van der Waals surface area contributed by atoms with Gasteiger partial charge in [-0.1, -0.05) is 64.2 Å². The summed E-state index contributed by atoms with van der Waals surface area (Å²) in [6.45, 7) is 0. The Morgan fingerprint density at radius 3 is 1.95 bits per heavy atom. The molecular weight excluding hydrogens is 284 g/mol. The van der Waals surface area contributed by atoms with Gasteiger partial charge in [-0.2, -0.15) is 0 Å². The highest BCUT2D eigenvalue weighted by Gasteiger charge is 2.32. The van der Waals surface area contributed by atoms with Gasteiger partial charge in [0.15, 0.2) is 0 Å². The number of hydrogen-bond acceptors (Lipinski definition) is 3. The minimum atomic E-state index is -1.61. The Morgan fingerprint density at radius 1 is 0.864 bits per heavy atom. The molecule has 0 spiro atoms. The van der Waals surface area contributed by atoms with Gasteiger partial charge < -0.3 is 15.3 Å². The van der Waals surface area contributed by atoms with Crippen molar-refractivity contribution in [2.24, 2.45) is 5.92 Å². The number of carbonyl (C=O) groups is 2. The fourth-order valence-corrected chi connectivity index (χ4v) is 3.52. The smallest absolute Gasteiger partial charge is 0.306 e. The molecule has 0 atom stereocenters. The van der Waals surface area contributed by atoms with Gasteiger partial charge >= 0.3 is 11.9 Å². The summed E-state index contributed by atoms with van der Waals surface area (Å²) in [7, 11) is 0. The van der Waals surface area contributed by atoms with Gasteiger partial charge in [-0.05, 0) is 12.3 Å². The van der Waals surface area contributed by atoms with Crippen LogP contribution in [0, 0.1) is 5.92 Å². The maximum absolute atomic E-state index is 10.8. The van der Waals surface area contributed by atoms with Gasteiger partial charge in [0.1, 0.15) is 0 Å². The van der Waals surface area contributed by atoms with Gasteiger partial charge in [-0.25, -0.2) is 0 Å². The Hall–Kier alpha value is -1.10. The molecule has 0 unspecified atom stereocenters. The minimum absolute atomic E-state index is 0.245. The third kappa shape index (κ3) is 8.37. The van der Waals surface area contributed by atoms with Crippen molar-refractivity contribution >= 4 is 11.9 Å². The van der Waals surface area contributed by atoms with Gasteiger partial charge in [0.05, 0.1) is 18.4 Å². The van der Waals surface area contributed by atoms with Crippen molar-refractivity contribution in [1.82, 2.24) is 0 Å². The van der Waals surface area contributed by atoms with Crippen molar-refractivity contribution in [3.8, 4) is 0 Å². The van der Waals surface area contributed by atoms with Crippen LogP contribution in [-0.2, 0) is 9.59 Å². The average Bonchev–Trinajstić information content (AvgIpc) is 2.42. The van der Waals surface area contributed by atoms with Crippen molar-refractivity contribution in [1.29, 1.82) is 0 Å². The summed E-state index contributed by atoms with van der Waals surface area (Å²) in [6, 6.07) is 0. The standard InChI is InChI=1S/C17H30O5/c18-15(19)12-17(22,13-16(20)21)11-7-2-1-4-8-14-9-5-3-6-10-14/h14,22H,1-13H2,(H,18,19)(H,20,21). The molecule has 0 aromatic heterocycles. The van der Waals surface area contributed by atoms with Gasteiger partial charge in [-0.3, -0.25) is 9.59 Å². The van der Waals surface area contributed by atoms with Crippen LogP contribution in [0.3, 0.4) is 0 Å². The fraction of sp³-hybridized carbons (Fsp3) is 0.882. The fourth-order valence-electron chi connectivity index (χ4n) is 3.52. The average molecular weight is 314 g/mol. The Kier molecular flexibility index (Phi) is 8.46. The minimum Gasteiger partial charge on any atom is -0.481 e. The predicted molar refractivity (Wildman–Crippen MR) is 83.7 cm³/mol. The lowest BCUT2D eigenvalue weighted by Crippen LogP contribution is -2.34. The zero-order valence-electron chi connectivity index (χ0n) is 13.4. The number of carboxylic acid groups (broad SMARTS) is 2. The number of carboxylic acids is 2. The van der Waals surface area contributed by atoms with E-state index in [1.807, 2.05) is 0 Å². The topological polar surface area (TPSA) is 94.8 Å². The lowest BCUT2D eigenvalue weighted by Gasteiger charge is -2.24. The molecule has 0 aliphatic heterocycles. The molecule has 1 saturated carbocycles. The summed E-state index contributed by atoms with van der Waals surface area (Å²) in [5.74, 6) is -1.42. The Bertz CT molecular complexity index is 331. The SMILES string of the molecule is O=C(O)CC(O)(CCCCCCC1CCCCC1)CC(=O)O. The maximum Gasteiger partial charge on any atom is 0.306 e. The van der Waals surface area contributed by atoms with Crippen LogP contribution in [0.4, 0.5) is 0 Å². The van der Waals surface area contributed by atoms with Crippen molar-refractivity contribution in [2.45, 2.75) is 89.1 Å². The van der Waals surface area contributed by atoms with E-state index in [4.69, 9.17) is 10.2 Å². The third-order valence-electron chi connectivity index (χ3n) is 4.69. The highest BCUT2D eigenvalue weighted by molar-refractivity contribution is 5.72. The molecule has 0 radical (unpaired) electrons. The van der Waals surface area contributed by atoms with Crippen molar-refractivity contribution in [2.75, 3.05) is 0 Å². The molecule has 0 amide bonds. The first kappa shape index (κ1) is 18.9. The largest absolute Gasteiger partial charge is 0.481 e. The molecule has 0 aromatic carbocycles. The first-order valence-electron chi connectivity index (χ1n) is 8.57. The molecule has 1 fully saturated rings. The van der Waals surface area contributed by atoms with Crippen molar-refractivity contribution in [3.05, 3.63) is 0 Å². The maximum atomic E-state index is 10.8. The van der Waals surface area contributed by atoms with Crippen molar-refractivity contribution in [3.63, 3.8) is 0 Å². The lowest BCUT2D eigenvalue weighted by atomic mass is 9.85. The Morgan fingerprint density at radius 2 is 1.41 bits per heavy atom. The molecule has 5 nitrogen and oxygen atoms in total. The van der Waals surface area contributed by atoms with E-state index >= 15 is 0 Å². The quantitative estimate of drug-likeness (QED) is 0.507. The molecule has 3 N–H and O–H groups in total. The molecular formula is C17H30O5. The summed E-state index contributed by atoms with van der Waals surface area (Å²) in [5, 5.41) is 27.7. The summed E-state index contributed by atoms with van der Waals surface area (Å²) in [5.41, 5.74) is -1.61. The molecule has 0 heterocycles. The summed E-state index contributed by atoms with van der Waals surface area (Å²) in [4.78, 5) is 21.5. The van der Waals surface area contributed by atoms with Crippen LogP contribution in [0.25, 0.3) is 0 Å². The second kappa shape index (κ2) is 9.82. The third-order valence-corrected chi connectivity index (χ3v) is 4.69. The van der Waals surface area contributed by atoms with Crippen LogP contribution >= 0.6 is 0 Å². The predicted octanol–water partition coefficient (Wildman–Crippen LogP) is 3.59. The lowest BCUT2D eigenvalue weighted by molar-refractivity contribution is -0.149. The number of rotatable bonds is 11. The number of aliphatic carboxylic acids is 2. The van der Waals surface area contributed by atoms with Gasteiger partial charge in [0, 0.05) is 0 Å². The van der Waals surface area contributed by atoms with E-state index in [1.54, 1.807) is 0 Å². The highest BCUT2D eigenvalue weighted by atomic mass is 16.4. The second-order valence-corrected chi connectivity index (χ2v) is 6.82. The monoisotopic (exact) mass is 314 g/mol. The van der Waals surface area contributed by atoms with Gasteiger partial charge in [0.25, 0.3) is 0 Å². The van der Waals surface area contributed by atoms with E-state index in [2.05, 4.69) is 0 Å². The molecule has 22 heavy (non-hydrogen) atoms. The molecule has 0 bridgehead atoms. The molecule has 0 saturated heterocycles. The van der Waals surface area contributed by atoms with E-state index in [0.717, 1.165) is 18.8 Å². The van der Waals surface area contributed by atoms with Crippen LogP contribution in [0.2, 0.25) is 0 Å². The Balaban J connectivity index is 2.16. The van der Waals surface area contributed by atoms with E-state index in [-0.39, 0.29) is 6.42 Å². The first-order valence-corrected chi connectivity index (χ1v) is 8.57. The Labute approximate surface area is 132 Å². The van der Waals surface area contributed by atoms with Crippen LogP contribution in [-0.4, -0.2) is 32.9 Å². The number of aliphatic hydroxyl groups is 1. The number of unbranched alkanes of at least 4 members (excludes halogenated alkanes) is 3. The van der Waals surface area contributed by atoms with Crippen LogP contribution < -0.4 is 0 Å². The van der Waals surface area contributed by atoms with Gasteiger partial charge in [-0.15, -0.1) is 0 Å². The highest BCUT2D eigenvalue weighted by Crippen LogP contribution is 2.28. The van der Waals surface area contributed by atoms with Gasteiger partial charge in [0.2, 0.25) is 0 Å². The molecule has 128 valence electrons. The van der Waals surface area contributed by atoms with Crippen molar-refractivity contribution < 1.29 is 24.9 Å². The van der Waals surface area contributed by atoms with Crippen LogP contribution in [0.1, 0.15) is 83.5 Å². The van der Waals surface area contributed by atoms with E-state index in [1.165, 1.54) is 44.9 Å². The summed E-state index contributed by atoms with van der Waals surface area (Å²) in [6.07, 6.45) is 11.2. The zero-order chi connectivity index (χ0) is 16.4. The summed E-state index contributed by atoms with van der Waals surface area (Å²) < 4.78 is 0. The van der Waals surface area contributed by atoms with Crippen LogP contribution in [0.5, 0.6) is 0 Å². The molecule has 0 aromatic rings. The number of hydrogen-bond donors (Lipinski definition) is 3. The first-order chi connectivity index (χ1) is 10.4. The molecule has 5 heteroatoms.